The molecule has 0 atom stereocenters. The molecule has 3 nitrogen and oxygen atoms in total. The first kappa shape index (κ1) is 14.8. The normalized spacial score (nSPS) is 18.7. The number of piperidine rings is 1. The molecule has 0 radical (unpaired) electrons. The van der Waals surface area contributed by atoms with Gasteiger partial charge in [0.2, 0.25) is 10.0 Å². The van der Waals surface area contributed by atoms with Crippen molar-refractivity contribution in [3.63, 3.8) is 0 Å². The zero-order valence-corrected chi connectivity index (χ0v) is 12.1. The molecular formula is C11H11BrF3NO2S. The summed E-state index contributed by atoms with van der Waals surface area (Å²) in [4.78, 5) is -0.885. The van der Waals surface area contributed by atoms with E-state index >= 15 is 0 Å². The maximum Gasteiger partial charge on any atom is 0.248 e. The van der Waals surface area contributed by atoms with Crippen LogP contribution in [-0.2, 0) is 10.0 Å². The lowest BCUT2D eigenvalue weighted by molar-refractivity contribution is 0.350. The quantitative estimate of drug-likeness (QED) is 0.763. The van der Waals surface area contributed by atoms with Crippen LogP contribution in [0, 0.1) is 17.5 Å². The van der Waals surface area contributed by atoms with Crippen LogP contribution in [0.3, 0.4) is 0 Å². The summed E-state index contributed by atoms with van der Waals surface area (Å²) in [6.07, 6.45) is 1.12. The smallest absolute Gasteiger partial charge is 0.207 e. The Kier molecular flexibility index (Phi) is 4.22. The number of hydrogen-bond acceptors (Lipinski definition) is 2. The third-order valence-corrected chi connectivity index (χ3v) is 5.81. The van der Waals surface area contributed by atoms with Crippen molar-refractivity contribution in [3.05, 3.63) is 29.6 Å². The van der Waals surface area contributed by atoms with Crippen LogP contribution in [0.5, 0.6) is 0 Å². The van der Waals surface area contributed by atoms with Gasteiger partial charge in [0.15, 0.2) is 4.90 Å². The van der Waals surface area contributed by atoms with E-state index in [2.05, 4.69) is 15.9 Å². The first-order chi connectivity index (χ1) is 8.82. The van der Waals surface area contributed by atoms with E-state index in [-0.39, 0.29) is 17.9 Å². The lowest BCUT2D eigenvalue weighted by Gasteiger charge is -2.28. The largest absolute Gasteiger partial charge is 0.248 e. The van der Waals surface area contributed by atoms with Gasteiger partial charge in [0.25, 0.3) is 0 Å². The van der Waals surface area contributed by atoms with Crippen LogP contribution in [0.2, 0.25) is 0 Å². The third kappa shape index (κ3) is 2.95. The second-order valence-electron chi connectivity index (χ2n) is 4.28. The summed E-state index contributed by atoms with van der Waals surface area (Å²) in [5.74, 6) is -3.95. The van der Waals surface area contributed by atoms with E-state index in [9.17, 15) is 21.6 Å². The van der Waals surface area contributed by atoms with E-state index in [1.54, 1.807) is 0 Å². The van der Waals surface area contributed by atoms with Gasteiger partial charge in [-0.1, -0.05) is 15.9 Å². The van der Waals surface area contributed by atoms with Crippen LogP contribution in [0.4, 0.5) is 13.2 Å². The highest BCUT2D eigenvalue weighted by Gasteiger charge is 2.33. The molecule has 1 aromatic rings. The van der Waals surface area contributed by atoms with Crippen molar-refractivity contribution in [3.8, 4) is 0 Å². The standard InChI is InChI=1S/C11H11BrF3NO2S/c12-7-1-3-16(4-2-7)19(17,18)11-9(14)5-8(13)6-10(11)15/h5-7H,1-4H2. The van der Waals surface area contributed by atoms with Gasteiger partial charge in [-0.15, -0.1) is 0 Å². The SMILES string of the molecule is O=S(=O)(c1c(F)cc(F)cc1F)N1CCC(Br)CC1. The molecule has 0 bridgehead atoms. The number of nitrogens with zero attached hydrogens (tertiary/aromatic N) is 1. The molecule has 1 aliphatic rings. The van der Waals surface area contributed by atoms with Crippen molar-refractivity contribution in [2.24, 2.45) is 0 Å². The second kappa shape index (κ2) is 5.41. The summed E-state index contributed by atoms with van der Waals surface area (Å²) in [5, 5.41) is 0. The van der Waals surface area contributed by atoms with Gasteiger partial charge in [0.05, 0.1) is 0 Å². The van der Waals surface area contributed by atoms with Gasteiger partial charge < -0.3 is 0 Å². The minimum atomic E-state index is -4.27. The fourth-order valence-corrected chi connectivity index (χ4v) is 3.94. The average Bonchev–Trinajstić information content (AvgIpc) is 2.27. The molecule has 1 heterocycles. The van der Waals surface area contributed by atoms with Crippen LogP contribution in [0.1, 0.15) is 12.8 Å². The Morgan fingerprint density at radius 3 is 2.05 bits per heavy atom. The maximum atomic E-state index is 13.5. The highest BCUT2D eigenvalue weighted by atomic mass is 79.9. The van der Waals surface area contributed by atoms with Gasteiger partial charge in [-0.25, -0.2) is 21.6 Å². The van der Waals surface area contributed by atoms with Crippen molar-refractivity contribution in [2.45, 2.75) is 22.6 Å². The molecule has 8 heteroatoms. The molecule has 1 saturated heterocycles. The van der Waals surface area contributed by atoms with E-state index in [1.807, 2.05) is 0 Å². The van der Waals surface area contributed by atoms with E-state index in [1.165, 1.54) is 0 Å². The monoisotopic (exact) mass is 357 g/mol. The van der Waals surface area contributed by atoms with E-state index in [4.69, 9.17) is 0 Å². The van der Waals surface area contributed by atoms with Gasteiger partial charge in [0, 0.05) is 30.0 Å². The molecule has 0 saturated carbocycles. The number of sulfonamides is 1. The lowest BCUT2D eigenvalue weighted by Crippen LogP contribution is -2.39. The first-order valence-electron chi connectivity index (χ1n) is 5.61. The fraction of sp³-hybridized carbons (Fsp3) is 0.455. The predicted molar refractivity (Wildman–Crippen MR) is 67.0 cm³/mol. The van der Waals surface area contributed by atoms with Crippen LogP contribution in [0.15, 0.2) is 17.0 Å². The summed E-state index contributed by atoms with van der Waals surface area (Å²) in [7, 11) is -4.27. The van der Waals surface area contributed by atoms with Crippen molar-refractivity contribution in [2.75, 3.05) is 13.1 Å². The number of alkyl halides is 1. The zero-order chi connectivity index (χ0) is 14.2. The maximum absolute atomic E-state index is 13.5. The van der Waals surface area contributed by atoms with Crippen LogP contribution in [-0.4, -0.2) is 30.6 Å². The Bertz CT molecular complexity index is 563. The molecule has 0 spiro atoms. The highest BCUT2D eigenvalue weighted by molar-refractivity contribution is 9.09. The van der Waals surface area contributed by atoms with Gasteiger partial charge in [-0.05, 0) is 12.8 Å². The average molecular weight is 358 g/mol. The molecule has 0 amide bonds. The molecule has 0 unspecified atom stereocenters. The molecule has 1 fully saturated rings. The van der Waals surface area contributed by atoms with Crippen molar-refractivity contribution >= 4 is 26.0 Å². The fourth-order valence-electron chi connectivity index (χ4n) is 1.97. The van der Waals surface area contributed by atoms with Crippen LogP contribution >= 0.6 is 15.9 Å². The number of rotatable bonds is 2. The lowest BCUT2D eigenvalue weighted by atomic mass is 10.2. The summed E-state index contributed by atoms with van der Waals surface area (Å²) in [5.41, 5.74) is 0. The topological polar surface area (TPSA) is 37.4 Å². The van der Waals surface area contributed by atoms with Crippen LogP contribution < -0.4 is 0 Å². The van der Waals surface area contributed by atoms with E-state index < -0.39 is 32.4 Å². The van der Waals surface area contributed by atoms with Crippen LogP contribution in [0.25, 0.3) is 0 Å². The summed E-state index contributed by atoms with van der Waals surface area (Å²) < 4.78 is 65.2. The predicted octanol–water partition coefficient (Wildman–Crippen LogP) is 2.65. The molecule has 19 heavy (non-hydrogen) atoms. The molecule has 1 aliphatic heterocycles. The first-order valence-corrected chi connectivity index (χ1v) is 7.96. The molecule has 2 rings (SSSR count). The van der Waals surface area contributed by atoms with Gasteiger partial charge >= 0.3 is 0 Å². The summed E-state index contributed by atoms with van der Waals surface area (Å²) in [6, 6.07) is 0.737. The highest BCUT2D eigenvalue weighted by Crippen LogP contribution is 2.27. The number of halogens is 4. The number of benzene rings is 1. The summed E-state index contributed by atoms with van der Waals surface area (Å²) >= 11 is 3.36. The van der Waals surface area contributed by atoms with Gasteiger partial charge in [-0.2, -0.15) is 4.31 Å². The Labute approximate surface area is 117 Å². The Balaban J connectivity index is 2.40. The minimum Gasteiger partial charge on any atom is -0.207 e. The van der Waals surface area contributed by atoms with Crippen molar-refractivity contribution in [1.82, 2.24) is 4.31 Å². The Morgan fingerprint density at radius 1 is 1.11 bits per heavy atom. The molecule has 1 aromatic carbocycles. The molecule has 0 aromatic heterocycles. The Morgan fingerprint density at radius 2 is 1.58 bits per heavy atom. The summed E-state index contributed by atoms with van der Waals surface area (Å²) in [6.45, 7) is 0.350. The zero-order valence-electron chi connectivity index (χ0n) is 9.74. The van der Waals surface area contributed by atoms with E-state index in [0.717, 1.165) is 4.31 Å². The molecule has 0 N–H and O–H groups in total. The molecule has 0 aliphatic carbocycles. The van der Waals surface area contributed by atoms with Crippen molar-refractivity contribution in [1.29, 1.82) is 0 Å². The number of hydrogen-bond donors (Lipinski definition) is 0. The van der Waals surface area contributed by atoms with E-state index in [0.29, 0.717) is 25.0 Å². The Hall–Kier alpha value is -0.600. The molecular weight excluding hydrogens is 347 g/mol. The van der Waals surface area contributed by atoms with Gasteiger partial charge in [0.1, 0.15) is 17.5 Å². The third-order valence-electron chi connectivity index (χ3n) is 2.94. The molecule has 106 valence electrons. The van der Waals surface area contributed by atoms with Crippen molar-refractivity contribution < 1.29 is 21.6 Å². The van der Waals surface area contributed by atoms with Gasteiger partial charge in [-0.3, -0.25) is 0 Å². The minimum absolute atomic E-state index is 0.175. The second-order valence-corrected chi connectivity index (χ2v) is 7.45.